The van der Waals surface area contributed by atoms with Crippen LogP contribution in [0.3, 0.4) is 0 Å². The molecule has 0 unspecified atom stereocenters. The largest absolute Gasteiger partial charge is 0.462 e. The summed E-state index contributed by atoms with van der Waals surface area (Å²) in [7, 11) is 0. The van der Waals surface area contributed by atoms with E-state index in [1.54, 1.807) is 0 Å². The van der Waals surface area contributed by atoms with Crippen molar-refractivity contribution in [1.29, 1.82) is 0 Å². The lowest BCUT2D eigenvalue weighted by Crippen LogP contribution is -2.30. The van der Waals surface area contributed by atoms with Crippen molar-refractivity contribution in [3.8, 4) is 0 Å². The van der Waals surface area contributed by atoms with Gasteiger partial charge in [0, 0.05) is 19.3 Å². The molecule has 0 aliphatic carbocycles. The van der Waals surface area contributed by atoms with E-state index in [9.17, 15) is 14.4 Å². The van der Waals surface area contributed by atoms with Gasteiger partial charge in [0.2, 0.25) is 0 Å². The van der Waals surface area contributed by atoms with Gasteiger partial charge in [-0.25, -0.2) is 0 Å². The van der Waals surface area contributed by atoms with Gasteiger partial charge in [0.05, 0.1) is 0 Å². The molecule has 0 bridgehead atoms. The summed E-state index contributed by atoms with van der Waals surface area (Å²) in [6, 6.07) is 0. The van der Waals surface area contributed by atoms with Gasteiger partial charge in [0.15, 0.2) is 6.10 Å². The molecular formula is C59H106O6. The predicted molar refractivity (Wildman–Crippen MR) is 279 cm³/mol. The molecule has 0 aliphatic heterocycles. The highest BCUT2D eigenvalue weighted by Gasteiger charge is 2.19. The fraction of sp³-hybridized carbons (Fsp3) is 0.814. The Kier molecular flexibility index (Phi) is 51.8. The van der Waals surface area contributed by atoms with Crippen molar-refractivity contribution >= 4 is 17.9 Å². The Morgan fingerprint density at radius 1 is 0.308 bits per heavy atom. The van der Waals surface area contributed by atoms with Crippen LogP contribution < -0.4 is 0 Å². The maximum Gasteiger partial charge on any atom is 0.306 e. The molecular weight excluding hydrogens is 805 g/mol. The SMILES string of the molecule is CCCCC/C=C\C/C=C\C/C=C\CCCCCCC(=O)OC[C@@H](COC(=O)CCCCCCC/C=C\CCCCCCC)OC(=O)CCCCCCCCCCCCCCCCCC. The number of carbonyl (C=O) groups excluding carboxylic acids is 3. The van der Waals surface area contributed by atoms with Gasteiger partial charge in [-0.2, -0.15) is 0 Å². The Hall–Kier alpha value is -2.63. The molecule has 378 valence electrons. The molecule has 0 aliphatic rings. The van der Waals surface area contributed by atoms with Crippen molar-refractivity contribution < 1.29 is 28.6 Å². The van der Waals surface area contributed by atoms with Crippen LogP contribution in [0.4, 0.5) is 0 Å². The van der Waals surface area contributed by atoms with E-state index < -0.39 is 6.10 Å². The van der Waals surface area contributed by atoms with Crippen molar-refractivity contribution in [2.45, 2.75) is 297 Å². The lowest BCUT2D eigenvalue weighted by Gasteiger charge is -2.18. The number of carbonyl (C=O) groups is 3. The van der Waals surface area contributed by atoms with E-state index in [2.05, 4.69) is 69.4 Å². The monoisotopic (exact) mass is 911 g/mol. The highest BCUT2D eigenvalue weighted by Crippen LogP contribution is 2.16. The molecule has 65 heavy (non-hydrogen) atoms. The number of allylic oxidation sites excluding steroid dienone is 8. The average Bonchev–Trinajstić information content (AvgIpc) is 3.30. The van der Waals surface area contributed by atoms with E-state index in [-0.39, 0.29) is 31.1 Å². The zero-order valence-corrected chi connectivity index (χ0v) is 43.3. The minimum atomic E-state index is -0.783. The fourth-order valence-corrected chi connectivity index (χ4v) is 8.03. The van der Waals surface area contributed by atoms with E-state index in [1.807, 2.05) is 0 Å². The highest BCUT2D eigenvalue weighted by molar-refractivity contribution is 5.71. The Bertz CT molecular complexity index is 1140. The second-order valence-electron chi connectivity index (χ2n) is 18.8. The van der Waals surface area contributed by atoms with Gasteiger partial charge in [-0.05, 0) is 83.5 Å². The summed E-state index contributed by atoms with van der Waals surface area (Å²) in [6.45, 7) is 6.61. The molecule has 6 nitrogen and oxygen atoms in total. The first-order chi connectivity index (χ1) is 32.0. The molecule has 0 aromatic carbocycles. The van der Waals surface area contributed by atoms with Gasteiger partial charge < -0.3 is 14.2 Å². The van der Waals surface area contributed by atoms with Crippen LogP contribution >= 0.6 is 0 Å². The van der Waals surface area contributed by atoms with Crippen LogP contribution in [0.15, 0.2) is 48.6 Å². The van der Waals surface area contributed by atoms with Crippen LogP contribution in [-0.2, 0) is 28.6 Å². The molecule has 1 atom stereocenters. The Morgan fingerprint density at radius 2 is 0.554 bits per heavy atom. The topological polar surface area (TPSA) is 78.9 Å². The van der Waals surface area contributed by atoms with Crippen molar-refractivity contribution in [2.24, 2.45) is 0 Å². The molecule has 0 rings (SSSR count). The quantitative estimate of drug-likeness (QED) is 0.0262. The maximum absolute atomic E-state index is 12.8. The Morgan fingerprint density at radius 3 is 0.908 bits per heavy atom. The molecule has 0 aromatic heterocycles. The first-order valence-electron chi connectivity index (χ1n) is 28.1. The zero-order valence-electron chi connectivity index (χ0n) is 43.3. The summed E-state index contributed by atoms with van der Waals surface area (Å²) in [5.41, 5.74) is 0. The van der Waals surface area contributed by atoms with Crippen molar-refractivity contribution in [3.05, 3.63) is 48.6 Å². The number of hydrogen-bond donors (Lipinski definition) is 0. The Labute approximate surface area is 403 Å². The minimum Gasteiger partial charge on any atom is -0.462 e. The van der Waals surface area contributed by atoms with Crippen molar-refractivity contribution in [2.75, 3.05) is 13.2 Å². The third-order valence-electron chi connectivity index (χ3n) is 12.3. The lowest BCUT2D eigenvalue weighted by molar-refractivity contribution is -0.167. The molecule has 0 aromatic rings. The molecule has 6 heteroatoms. The molecule has 0 saturated carbocycles. The van der Waals surface area contributed by atoms with Crippen LogP contribution in [0.1, 0.15) is 290 Å². The molecule has 0 saturated heterocycles. The van der Waals surface area contributed by atoms with E-state index in [1.165, 1.54) is 161 Å². The molecule has 0 N–H and O–H groups in total. The predicted octanol–water partition coefficient (Wildman–Crippen LogP) is 18.7. The third-order valence-corrected chi connectivity index (χ3v) is 12.3. The molecule has 0 amide bonds. The second-order valence-corrected chi connectivity index (χ2v) is 18.8. The van der Waals surface area contributed by atoms with E-state index in [0.717, 1.165) is 89.9 Å². The number of esters is 3. The minimum absolute atomic E-state index is 0.0821. The van der Waals surface area contributed by atoms with E-state index >= 15 is 0 Å². The van der Waals surface area contributed by atoms with Crippen LogP contribution in [0.25, 0.3) is 0 Å². The molecule has 0 spiro atoms. The van der Waals surface area contributed by atoms with Crippen LogP contribution in [0.5, 0.6) is 0 Å². The smallest absolute Gasteiger partial charge is 0.306 e. The first-order valence-corrected chi connectivity index (χ1v) is 28.1. The Balaban J connectivity index is 4.40. The standard InChI is InChI=1S/C59H106O6/c1-4-7-10-13-16-19-22-25-28-30-32-34-37-40-43-46-49-52-58(61)64-55-56(54-63-57(60)51-48-45-42-39-36-33-27-24-21-18-15-12-9-6-3)65-59(62)53-50-47-44-41-38-35-31-29-26-23-20-17-14-11-8-5-2/h16,19,24-25,27-28,32,34,56H,4-15,17-18,20-23,26,29-31,33,35-55H2,1-3H3/b19-16-,27-24-,28-25-,34-32-/t56-/m1/s1. The summed E-state index contributed by atoms with van der Waals surface area (Å²) >= 11 is 0. The zero-order chi connectivity index (χ0) is 47.2. The summed E-state index contributed by atoms with van der Waals surface area (Å²) in [5.74, 6) is -0.899. The molecule has 0 heterocycles. The molecule has 0 fully saturated rings. The second kappa shape index (κ2) is 54.0. The first kappa shape index (κ1) is 62.4. The van der Waals surface area contributed by atoms with E-state index in [0.29, 0.717) is 19.3 Å². The summed E-state index contributed by atoms with van der Waals surface area (Å²) in [4.78, 5) is 38.1. The van der Waals surface area contributed by atoms with Gasteiger partial charge in [-0.3, -0.25) is 14.4 Å². The number of unbranched alkanes of at least 4 members (excludes halogenated alkanes) is 32. The van der Waals surface area contributed by atoms with Gasteiger partial charge in [0.1, 0.15) is 13.2 Å². The maximum atomic E-state index is 12.8. The number of ether oxygens (including phenoxy) is 3. The van der Waals surface area contributed by atoms with Gasteiger partial charge in [0.25, 0.3) is 0 Å². The lowest BCUT2D eigenvalue weighted by atomic mass is 10.0. The summed E-state index contributed by atoms with van der Waals surface area (Å²) < 4.78 is 16.8. The number of rotatable bonds is 51. The van der Waals surface area contributed by atoms with Crippen LogP contribution in [0, 0.1) is 0 Å². The average molecular weight is 911 g/mol. The number of hydrogen-bond acceptors (Lipinski definition) is 6. The van der Waals surface area contributed by atoms with Crippen molar-refractivity contribution in [1.82, 2.24) is 0 Å². The van der Waals surface area contributed by atoms with Crippen LogP contribution in [0.2, 0.25) is 0 Å². The van der Waals surface area contributed by atoms with Gasteiger partial charge >= 0.3 is 17.9 Å². The molecule has 0 radical (unpaired) electrons. The third kappa shape index (κ3) is 52.2. The van der Waals surface area contributed by atoms with Crippen LogP contribution in [-0.4, -0.2) is 37.2 Å². The van der Waals surface area contributed by atoms with Gasteiger partial charge in [-0.1, -0.05) is 236 Å². The van der Waals surface area contributed by atoms with E-state index in [4.69, 9.17) is 14.2 Å². The highest BCUT2D eigenvalue weighted by atomic mass is 16.6. The van der Waals surface area contributed by atoms with Crippen molar-refractivity contribution in [3.63, 3.8) is 0 Å². The summed E-state index contributed by atoms with van der Waals surface area (Å²) in [6.07, 6.45) is 65.2. The fourth-order valence-electron chi connectivity index (χ4n) is 8.03. The summed E-state index contributed by atoms with van der Waals surface area (Å²) in [5, 5.41) is 0. The van der Waals surface area contributed by atoms with Gasteiger partial charge in [-0.15, -0.1) is 0 Å². The normalized spacial score (nSPS) is 12.4.